The van der Waals surface area contributed by atoms with Crippen LogP contribution < -0.4 is 5.32 Å². The van der Waals surface area contributed by atoms with Gasteiger partial charge in [-0.15, -0.1) is 11.3 Å². The fourth-order valence-electron chi connectivity index (χ4n) is 2.15. The highest BCUT2D eigenvalue weighted by atomic mass is 32.1. The molecule has 1 fully saturated rings. The summed E-state index contributed by atoms with van der Waals surface area (Å²) in [5.41, 5.74) is 0. The van der Waals surface area contributed by atoms with Crippen LogP contribution in [0.5, 0.6) is 0 Å². The summed E-state index contributed by atoms with van der Waals surface area (Å²) in [6.45, 7) is 8.50. The molecule has 0 bridgehead atoms. The van der Waals surface area contributed by atoms with Gasteiger partial charge < -0.3 is 10.1 Å². The van der Waals surface area contributed by atoms with E-state index in [-0.39, 0.29) is 0 Å². The summed E-state index contributed by atoms with van der Waals surface area (Å²) < 4.78 is 5.64. The van der Waals surface area contributed by atoms with Crippen molar-refractivity contribution in [1.29, 1.82) is 0 Å². The number of ether oxygens (including phenoxy) is 1. The SMILES string of the molecule is CC1CN(CCNCc2cccs2)CCCO1. The topological polar surface area (TPSA) is 24.5 Å². The Morgan fingerprint density at radius 3 is 3.35 bits per heavy atom. The Hall–Kier alpha value is -0.420. The molecule has 0 aliphatic carbocycles. The van der Waals surface area contributed by atoms with Gasteiger partial charge in [0.25, 0.3) is 0 Å². The summed E-state index contributed by atoms with van der Waals surface area (Å²) in [5.74, 6) is 0. The lowest BCUT2D eigenvalue weighted by atomic mass is 10.3. The number of hydrogen-bond donors (Lipinski definition) is 1. The zero-order chi connectivity index (χ0) is 11.9. The maximum Gasteiger partial charge on any atom is 0.0673 e. The van der Waals surface area contributed by atoms with Crippen molar-refractivity contribution < 1.29 is 4.74 Å². The first-order valence-electron chi connectivity index (χ1n) is 6.41. The van der Waals surface area contributed by atoms with E-state index in [1.165, 1.54) is 11.4 Å². The molecule has 0 radical (unpaired) electrons. The molecule has 1 aliphatic rings. The van der Waals surface area contributed by atoms with Gasteiger partial charge in [0.15, 0.2) is 0 Å². The van der Waals surface area contributed by atoms with Gasteiger partial charge in [-0.3, -0.25) is 4.90 Å². The second-order valence-electron chi connectivity index (χ2n) is 4.59. The molecule has 4 heteroatoms. The van der Waals surface area contributed by atoms with Crippen LogP contribution in [-0.4, -0.2) is 43.8 Å². The van der Waals surface area contributed by atoms with Crippen LogP contribution in [0.1, 0.15) is 18.2 Å². The minimum atomic E-state index is 0.384. The largest absolute Gasteiger partial charge is 0.377 e. The lowest BCUT2D eigenvalue weighted by molar-refractivity contribution is 0.0679. The Morgan fingerprint density at radius 1 is 1.59 bits per heavy atom. The van der Waals surface area contributed by atoms with Crippen LogP contribution in [0.2, 0.25) is 0 Å². The lowest BCUT2D eigenvalue weighted by Crippen LogP contribution is -2.35. The van der Waals surface area contributed by atoms with E-state index in [9.17, 15) is 0 Å². The quantitative estimate of drug-likeness (QED) is 0.813. The Labute approximate surface area is 108 Å². The zero-order valence-corrected chi connectivity index (χ0v) is 11.3. The Morgan fingerprint density at radius 2 is 2.53 bits per heavy atom. The smallest absolute Gasteiger partial charge is 0.0673 e. The molecule has 96 valence electrons. The van der Waals surface area contributed by atoms with Crippen molar-refractivity contribution >= 4 is 11.3 Å². The van der Waals surface area contributed by atoms with Crippen LogP contribution in [0.15, 0.2) is 17.5 Å². The van der Waals surface area contributed by atoms with Crippen molar-refractivity contribution in [2.75, 3.05) is 32.8 Å². The molecule has 1 saturated heterocycles. The number of nitrogens with one attached hydrogen (secondary N) is 1. The number of nitrogens with zero attached hydrogens (tertiary/aromatic N) is 1. The fraction of sp³-hybridized carbons (Fsp3) is 0.692. The predicted octanol–water partition coefficient (Wildman–Crippen LogP) is 1.95. The summed E-state index contributed by atoms with van der Waals surface area (Å²) in [6.07, 6.45) is 1.55. The van der Waals surface area contributed by atoms with Crippen molar-refractivity contribution in [2.24, 2.45) is 0 Å². The summed E-state index contributed by atoms with van der Waals surface area (Å²) >= 11 is 1.82. The second-order valence-corrected chi connectivity index (χ2v) is 5.62. The zero-order valence-electron chi connectivity index (χ0n) is 10.5. The molecule has 17 heavy (non-hydrogen) atoms. The average molecular weight is 254 g/mol. The van der Waals surface area contributed by atoms with Gasteiger partial charge in [-0.05, 0) is 24.8 Å². The van der Waals surface area contributed by atoms with Gasteiger partial charge in [-0.1, -0.05) is 6.07 Å². The number of hydrogen-bond acceptors (Lipinski definition) is 4. The average Bonchev–Trinajstić information content (AvgIpc) is 2.74. The van der Waals surface area contributed by atoms with Crippen molar-refractivity contribution in [3.8, 4) is 0 Å². The molecule has 0 aromatic carbocycles. The third-order valence-corrected chi connectivity index (χ3v) is 3.90. The van der Waals surface area contributed by atoms with E-state index in [1.807, 2.05) is 11.3 Å². The highest BCUT2D eigenvalue weighted by Crippen LogP contribution is 2.07. The van der Waals surface area contributed by atoms with E-state index in [1.54, 1.807) is 0 Å². The standard InChI is InChI=1S/C13H22N2OS/c1-12-11-15(6-3-8-16-12)7-5-14-10-13-4-2-9-17-13/h2,4,9,12,14H,3,5-8,10-11H2,1H3. The van der Waals surface area contributed by atoms with E-state index in [0.29, 0.717) is 6.10 Å². The van der Waals surface area contributed by atoms with Crippen LogP contribution in [0.25, 0.3) is 0 Å². The molecule has 1 unspecified atom stereocenters. The summed E-state index contributed by atoms with van der Waals surface area (Å²) in [5, 5.41) is 5.63. The highest BCUT2D eigenvalue weighted by Gasteiger charge is 2.13. The van der Waals surface area contributed by atoms with Crippen molar-refractivity contribution in [3.05, 3.63) is 22.4 Å². The normalized spacial score (nSPS) is 22.5. The van der Waals surface area contributed by atoms with E-state index >= 15 is 0 Å². The Kier molecular flexibility index (Phi) is 5.45. The Bertz CT molecular complexity index is 302. The summed E-state index contributed by atoms with van der Waals surface area (Å²) in [4.78, 5) is 3.91. The first-order valence-corrected chi connectivity index (χ1v) is 7.29. The second kappa shape index (κ2) is 7.11. The van der Waals surface area contributed by atoms with E-state index in [2.05, 4.69) is 34.7 Å². The molecule has 1 N–H and O–H groups in total. The number of rotatable bonds is 5. The molecular weight excluding hydrogens is 232 g/mol. The minimum Gasteiger partial charge on any atom is -0.377 e. The molecule has 1 aromatic rings. The van der Waals surface area contributed by atoms with Crippen molar-refractivity contribution in [1.82, 2.24) is 10.2 Å². The monoisotopic (exact) mass is 254 g/mol. The van der Waals surface area contributed by atoms with Crippen molar-refractivity contribution in [3.63, 3.8) is 0 Å². The Balaban J connectivity index is 1.60. The maximum atomic E-state index is 5.64. The van der Waals surface area contributed by atoms with Gasteiger partial charge in [0.2, 0.25) is 0 Å². The third kappa shape index (κ3) is 4.76. The first kappa shape index (κ1) is 13.0. The van der Waals surface area contributed by atoms with Crippen LogP contribution in [0, 0.1) is 0 Å². The predicted molar refractivity (Wildman–Crippen MR) is 72.5 cm³/mol. The van der Waals surface area contributed by atoms with Crippen LogP contribution >= 0.6 is 11.3 Å². The molecule has 2 rings (SSSR count). The van der Waals surface area contributed by atoms with Gasteiger partial charge in [0, 0.05) is 44.2 Å². The lowest BCUT2D eigenvalue weighted by Gasteiger charge is -2.21. The third-order valence-electron chi connectivity index (χ3n) is 3.02. The molecule has 1 aromatic heterocycles. The highest BCUT2D eigenvalue weighted by molar-refractivity contribution is 7.09. The van der Waals surface area contributed by atoms with Gasteiger partial charge in [0.05, 0.1) is 6.10 Å². The van der Waals surface area contributed by atoms with Crippen LogP contribution in [0.4, 0.5) is 0 Å². The molecule has 1 aliphatic heterocycles. The van der Waals surface area contributed by atoms with Gasteiger partial charge in [0.1, 0.15) is 0 Å². The minimum absolute atomic E-state index is 0.384. The summed E-state index contributed by atoms with van der Waals surface area (Å²) in [6, 6.07) is 4.29. The van der Waals surface area contributed by atoms with Crippen molar-refractivity contribution in [2.45, 2.75) is 26.0 Å². The van der Waals surface area contributed by atoms with Gasteiger partial charge in [-0.2, -0.15) is 0 Å². The van der Waals surface area contributed by atoms with E-state index in [4.69, 9.17) is 4.74 Å². The molecule has 1 atom stereocenters. The maximum absolute atomic E-state index is 5.64. The van der Waals surface area contributed by atoms with E-state index in [0.717, 1.165) is 39.2 Å². The van der Waals surface area contributed by atoms with Crippen LogP contribution in [0.3, 0.4) is 0 Å². The number of thiophene rings is 1. The molecule has 0 saturated carbocycles. The van der Waals surface area contributed by atoms with E-state index < -0.39 is 0 Å². The van der Waals surface area contributed by atoms with Crippen LogP contribution in [-0.2, 0) is 11.3 Å². The summed E-state index contributed by atoms with van der Waals surface area (Å²) in [7, 11) is 0. The molecule has 3 nitrogen and oxygen atoms in total. The fourth-order valence-corrected chi connectivity index (χ4v) is 2.82. The van der Waals surface area contributed by atoms with Gasteiger partial charge >= 0.3 is 0 Å². The molecule has 2 heterocycles. The first-order chi connectivity index (χ1) is 8.34. The molecular formula is C13H22N2OS. The molecule has 0 spiro atoms. The molecule has 0 amide bonds. The van der Waals surface area contributed by atoms with Gasteiger partial charge in [-0.25, -0.2) is 0 Å².